The summed E-state index contributed by atoms with van der Waals surface area (Å²) in [5.41, 5.74) is 9.88. The highest BCUT2D eigenvalue weighted by Crippen LogP contribution is 2.50. The number of rotatable bonds is 2. The molecule has 1 unspecified atom stereocenters. The minimum atomic E-state index is -0.316. The van der Waals surface area contributed by atoms with E-state index in [1.807, 2.05) is 24.3 Å². The Morgan fingerprint density at radius 3 is 2.68 bits per heavy atom. The van der Waals surface area contributed by atoms with E-state index in [0.29, 0.717) is 29.0 Å². The van der Waals surface area contributed by atoms with Crippen molar-refractivity contribution in [1.82, 2.24) is 9.97 Å². The van der Waals surface area contributed by atoms with Gasteiger partial charge in [-0.05, 0) is 48.8 Å². The van der Waals surface area contributed by atoms with Crippen molar-refractivity contribution in [2.75, 3.05) is 29.0 Å². The standard InChI is InChI=1S/C24H28ClN5O/c1-24(2)12-16-19(17(31)13-24)18(14-7-6-8-15(25)11-14)20-21(26)28-23(29-22(20)27-16)30-9-4-3-5-10-30/h6-8,11,18H,3-5,9-10,12-13H2,1-2H3,(H3,26,27,28,29). The largest absolute Gasteiger partial charge is 0.383 e. The molecule has 1 aromatic carbocycles. The molecular formula is C24H28ClN5O. The van der Waals surface area contributed by atoms with E-state index in [-0.39, 0.29) is 17.1 Å². The molecule has 31 heavy (non-hydrogen) atoms. The first kappa shape index (κ1) is 20.3. The van der Waals surface area contributed by atoms with Crippen LogP contribution in [0.2, 0.25) is 5.02 Å². The lowest BCUT2D eigenvalue weighted by Gasteiger charge is -2.39. The van der Waals surface area contributed by atoms with Crippen molar-refractivity contribution in [2.45, 2.75) is 51.9 Å². The average molecular weight is 438 g/mol. The predicted molar refractivity (Wildman–Crippen MR) is 124 cm³/mol. The SMILES string of the molecule is CC1(C)CC(=O)C2=C(C1)Nc1nc(N3CCCCC3)nc(N)c1C2c1cccc(Cl)c1. The normalized spacial score (nSPS) is 22.6. The van der Waals surface area contributed by atoms with Crippen LogP contribution in [0.4, 0.5) is 17.6 Å². The lowest BCUT2D eigenvalue weighted by Crippen LogP contribution is -2.36. The maximum atomic E-state index is 13.3. The fourth-order valence-electron chi connectivity index (χ4n) is 5.18. The zero-order chi connectivity index (χ0) is 21.8. The van der Waals surface area contributed by atoms with Crippen molar-refractivity contribution in [3.05, 3.63) is 51.7 Å². The van der Waals surface area contributed by atoms with Gasteiger partial charge in [-0.1, -0.05) is 37.6 Å². The van der Waals surface area contributed by atoms with Gasteiger partial charge in [-0.2, -0.15) is 9.97 Å². The number of Topliss-reactive ketones (excluding diaryl/α,β-unsaturated/α-hetero) is 1. The van der Waals surface area contributed by atoms with E-state index in [1.165, 1.54) is 6.42 Å². The number of hydrogen-bond acceptors (Lipinski definition) is 6. The molecule has 1 aliphatic carbocycles. The number of aromatic nitrogens is 2. The van der Waals surface area contributed by atoms with Gasteiger partial charge in [0, 0.05) is 47.3 Å². The van der Waals surface area contributed by atoms with Crippen LogP contribution in [0.15, 0.2) is 35.5 Å². The Balaban J connectivity index is 1.68. The van der Waals surface area contributed by atoms with Gasteiger partial charge in [0.2, 0.25) is 5.95 Å². The van der Waals surface area contributed by atoms with Gasteiger partial charge in [0.15, 0.2) is 5.78 Å². The van der Waals surface area contributed by atoms with Crippen LogP contribution in [-0.2, 0) is 4.79 Å². The molecule has 6 nitrogen and oxygen atoms in total. The first-order valence-corrected chi connectivity index (χ1v) is 11.4. The topological polar surface area (TPSA) is 84.1 Å². The summed E-state index contributed by atoms with van der Waals surface area (Å²) in [5.74, 6) is 1.63. The fourth-order valence-corrected chi connectivity index (χ4v) is 5.38. The second kappa shape index (κ2) is 7.52. The molecule has 2 aromatic rings. The number of hydrogen-bond donors (Lipinski definition) is 2. The Morgan fingerprint density at radius 1 is 1.16 bits per heavy atom. The van der Waals surface area contributed by atoms with Crippen LogP contribution in [0.3, 0.4) is 0 Å². The molecular weight excluding hydrogens is 410 g/mol. The number of carbonyl (C=O) groups is 1. The molecule has 1 aromatic heterocycles. The van der Waals surface area contributed by atoms with Crippen molar-refractivity contribution in [3.8, 4) is 0 Å². The van der Waals surface area contributed by atoms with Crippen LogP contribution in [-0.4, -0.2) is 28.8 Å². The Morgan fingerprint density at radius 2 is 1.94 bits per heavy atom. The summed E-state index contributed by atoms with van der Waals surface area (Å²) in [6.07, 6.45) is 4.80. The lowest BCUT2D eigenvalue weighted by atomic mass is 9.69. The molecule has 3 heterocycles. The third-order valence-corrected chi connectivity index (χ3v) is 6.79. The average Bonchev–Trinajstić information content (AvgIpc) is 2.72. The zero-order valence-corrected chi connectivity index (χ0v) is 18.8. The van der Waals surface area contributed by atoms with Gasteiger partial charge >= 0.3 is 0 Å². The minimum absolute atomic E-state index is 0.104. The molecule has 0 saturated carbocycles. The highest BCUT2D eigenvalue weighted by Gasteiger charge is 2.42. The van der Waals surface area contributed by atoms with Crippen LogP contribution in [0.5, 0.6) is 0 Å². The van der Waals surface area contributed by atoms with E-state index >= 15 is 0 Å². The smallest absolute Gasteiger partial charge is 0.229 e. The third-order valence-electron chi connectivity index (χ3n) is 6.55. The van der Waals surface area contributed by atoms with Crippen molar-refractivity contribution in [1.29, 1.82) is 0 Å². The van der Waals surface area contributed by atoms with E-state index in [0.717, 1.165) is 54.7 Å². The highest BCUT2D eigenvalue weighted by atomic mass is 35.5. The van der Waals surface area contributed by atoms with Crippen molar-refractivity contribution in [3.63, 3.8) is 0 Å². The molecule has 0 radical (unpaired) electrons. The predicted octanol–water partition coefficient (Wildman–Crippen LogP) is 4.90. The number of nitrogens with zero attached hydrogens (tertiary/aromatic N) is 3. The molecule has 0 spiro atoms. The number of carbonyl (C=O) groups excluding carboxylic acids is 1. The van der Waals surface area contributed by atoms with E-state index < -0.39 is 0 Å². The van der Waals surface area contributed by atoms with Crippen LogP contribution in [0.25, 0.3) is 0 Å². The highest BCUT2D eigenvalue weighted by molar-refractivity contribution is 6.30. The number of piperidine rings is 1. The molecule has 1 atom stereocenters. The summed E-state index contributed by atoms with van der Waals surface area (Å²) in [6, 6.07) is 7.67. The van der Waals surface area contributed by atoms with Crippen LogP contribution >= 0.6 is 11.6 Å². The van der Waals surface area contributed by atoms with Gasteiger partial charge in [0.25, 0.3) is 0 Å². The zero-order valence-electron chi connectivity index (χ0n) is 18.0. The lowest BCUT2D eigenvalue weighted by molar-refractivity contribution is -0.118. The number of benzene rings is 1. The number of ketones is 1. The molecule has 0 bridgehead atoms. The van der Waals surface area contributed by atoms with Crippen molar-refractivity contribution in [2.24, 2.45) is 5.41 Å². The van der Waals surface area contributed by atoms with E-state index in [9.17, 15) is 4.79 Å². The number of nitrogens with one attached hydrogen (secondary N) is 1. The summed E-state index contributed by atoms with van der Waals surface area (Å²) < 4.78 is 0. The number of nitrogen functional groups attached to an aromatic ring is 1. The third kappa shape index (κ3) is 3.67. The Labute approximate surface area is 187 Å². The maximum absolute atomic E-state index is 13.3. The molecule has 162 valence electrons. The molecule has 1 fully saturated rings. The Bertz CT molecular complexity index is 1090. The number of allylic oxidation sites excluding steroid dienone is 2. The van der Waals surface area contributed by atoms with Crippen molar-refractivity contribution < 1.29 is 4.79 Å². The van der Waals surface area contributed by atoms with Gasteiger partial charge in [0.1, 0.15) is 11.6 Å². The monoisotopic (exact) mass is 437 g/mol. The summed E-state index contributed by atoms with van der Waals surface area (Å²) >= 11 is 6.33. The van der Waals surface area contributed by atoms with E-state index in [4.69, 9.17) is 22.3 Å². The second-order valence-corrected chi connectivity index (χ2v) is 10.1. The first-order chi connectivity index (χ1) is 14.8. The van der Waals surface area contributed by atoms with Gasteiger partial charge in [-0.25, -0.2) is 0 Å². The van der Waals surface area contributed by atoms with E-state index in [2.05, 4.69) is 29.0 Å². The van der Waals surface area contributed by atoms with Gasteiger partial charge in [-0.15, -0.1) is 0 Å². The molecule has 2 aliphatic heterocycles. The molecule has 7 heteroatoms. The molecule has 5 rings (SSSR count). The van der Waals surface area contributed by atoms with Gasteiger partial charge < -0.3 is 16.0 Å². The summed E-state index contributed by atoms with van der Waals surface area (Å²) in [7, 11) is 0. The maximum Gasteiger partial charge on any atom is 0.229 e. The summed E-state index contributed by atoms with van der Waals surface area (Å²) in [5, 5.41) is 4.12. The van der Waals surface area contributed by atoms with Gasteiger partial charge in [0.05, 0.1) is 0 Å². The molecule has 3 aliphatic rings. The first-order valence-electron chi connectivity index (χ1n) is 11.0. The summed E-state index contributed by atoms with van der Waals surface area (Å²) in [4.78, 5) is 25.1. The number of halogens is 1. The van der Waals surface area contributed by atoms with Crippen LogP contribution in [0, 0.1) is 5.41 Å². The van der Waals surface area contributed by atoms with Gasteiger partial charge in [-0.3, -0.25) is 4.79 Å². The molecule has 3 N–H and O–H groups in total. The Hall–Kier alpha value is -2.60. The summed E-state index contributed by atoms with van der Waals surface area (Å²) in [6.45, 7) is 6.15. The Kier molecular flexibility index (Phi) is 4.93. The number of anilines is 3. The van der Waals surface area contributed by atoms with E-state index in [1.54, 1.807) is 0 Å². The molecule has 1 saturated heterocycles. The van der Waals surface area contributed by atoms with Crippen LogP contribution in [0.1, 0.15) is 63.0 Å². The number of nitrogens with two attached hydrogens (primary N) is 1. The van der Waals surface area contributed by atoms with Crippen LogP contribution < -0.4 is 16.0 Å². The quantitative estimate of drug-likeness (QED) is 0.694. The second-order valence-electron chi connectivity index (χ2n) is 9.67. The molecule has 0 amide bonds. The van der Waals surface area contributed by atoms with Crippen molar-refractivity contribution >= 4 is 35.0 Å². The number of fused-ring (bicyclic) bond motifs is 1. The fraction of sp³-hybridized carbons (Fsp3) is 0.458. The minimum Gasteiger partial charge on any atom is -0.383 e.